The fourth-order valence-corrected chi connectivity index (χ4v) is 3.30. The molecule has 4 atom stereocenters. The molecule has 0 fully saturated rings. The standard InChI is InChI=1S/C23H37N5O6/c1-3-14(2)20(28-21(31)17(6-4-5-11-24)26-19(30)13-25)22(32)27-18(23(33)34)12-15-7-9-16(29)10-8-15/h7-10,14,17-18,20,29H,3-6,11-13,24-25H2,1-2H3,(H,26,30)(H,27,32)(H,28,31)(H,33,34). The maximum atomic E-state index is 13.0. The highest BCUT2D eigenvalue weighted by atomic mass is 16.4. The van der Waals surface area contributed by atoms with Crippen LogP contribution in [0.1, 0.15) is 45.1 Å². The van der Waals surface area contributed by atoms with Gasteiger partial charge in [-0.25, -0.2) is 4.79 Å². The summed E-state index contributed by atoms with van der Waals surface area (Å²) in [6.07, 6.45) is 2.11. The minimum atomic E-state index is -1.24. The number of nitrogens with two attached hydrogens (primary N) is 2. The van der Waals surface area contributed by atoms with Crippen molar-refractivity contribution in [1.82, 2.24) is 16.0 Å². The Hall–Kier alpha value is -3.18. The molecule has 0 heterocycles. The molecule has 1 aromatic rings. The van der Waals surface area contributed by atoms with Crippen LogP contribution in [0.5, 0.6) is 5.75 Å². The van der Waals surface area contributed by atoms with Crippen LogP contribution < -0.4 is 27.4 Å². The van der Waals surface area contributed by atoms with E-state index in [4.69, 9.17) is 11.5 Å². The third kappa shape index (κ3) is 9.75. The van der Waals surface area contributed by atoms with Gasteiger partial charge in [0.15, 0.2) is 0 Å². The number of carboxylic acids is 1. The first-order chi connectivity index (χ1) is 16.1. The first-order valence-corrected chi connectivity index (χ1v) is 11.4. The van der Waals surface area contributed by atoms with E-state index < -0.39 is 41.8 Å². The number of carbonyl (C=O) groups excluding carboxylic acids is 3. The summed E-state index contributed by atoms with van der Waals surface area (Å²) < 4.78 is 0. The van der Waals surface area contributed by atoms with Gasteiger partial charge in [0.2, 0.25) is 17.7 Å². The van der Waals surface area contributed by atoms with Gasteiger partial charge in [-0.3, -0.25) is 14.4 Å². The number of aliphatic carboxylic acids is 1. The molecule has 9 N–H and O–H groups in total. The molecule has 1 rings (SSSR count). The monoisotopic (exact) mass is 479 g/mol. The Balaban J connectivity index is 2.97. The number of unbranched alkanes of at least 4 members (excludes halogenated alkanes) is 1. The Kier molecular flexibility index (Phi) is 12.6. The molecule has 0 bridgehead atoms. The number of hydrogen-bond donors (Lipinski definition) is 7. The van der Waals surface area contributed by atoms with E-state index >= 15 is 0 Å². The lowest BCUT2D eigenvalue weighted by Crippen LogP contribution is -2.58. The number of amides is 3. The van der Waals surface area contributed by atoms with E-state index in [9.17, 15) is 29.4 Å². The van der Waals surface area contributed by atoms with E-state index in [0.29, 0.717) is 37.8 Å². The molecular weight excluding hydrogens is 442 g/mol. The maximum absolute atomic E-state index is 13.0. The Morgan fingerprint density at radius 2 is 1.59 bits per heavy atom. The average Bonchev–Trinajstić information content (AvgIpc) is 2.81. The van der Waals surface area contributed by atoms with Gasteiger partial charge in [0.1, 0.15) is 23.9 Å². The molecule has 34 heavy (non-hydrogen) atoms. The third-order valence-electron chi connectivity index (χ3n) is 5.57. The molecule has 11 heteroatoms. The zero-order chi connectivity index (χ0) is 25.7. The quantitative estimate of drug-likeness (QED) is 0.165. The fraction of sp³-hybridized carbons (Fsp3) is 0.565. The van der Waals surface area contributed by atoms with Crippen LogP contribution in [0.3, 0.4) is 0 Å². The van der Waals surface area contributed by atoms with Crippen LogP contribution in [0.2, 0.25) is 0 Å². The summed E-state index contributed by atoms with van der Waals surface area (Å²) >= 11 is 0. The number of carboxylic acid groups (broad SMARTS) is 1. The summed E-state index contributed by atoms with van der Waals surface area (Å²) in [7, 11) is 0. The highest BCUT2D eigenvalue weighted by Crippen LogP contribution is 2.13. The van der Waals surface area contributed by atoms with Crippen LogP contribution in [-0.2, 0) is 25.6 Å². The van der Waals surface area contributed by atoms with Gasteiger partial charge in [0, 0.05) is 6.42 Å². The summed E-state index contributed by atoms with van der Waals surface area (Å²) in [4.78, 5) is 49.6. The number of hydrogen-bond acceptors (Lipinski definition) is 7. The van der Waals surface area contributed by atoms with Crippen LogP contribution >= 0.6 is 0 Å². The molecule has 0 aliphatic heterocycles. The third-order valence-corrected chi connectivity index (χ3v) is 5.57. The van der Waals surface area contributed by atoms with Gasteiger partial charge >= 0.3 is 5.97 Å². The molecule has 1 aromatic carbocycles. The summed E-state index contributed by atoms with van der Waals surface area (Å²) in [5.74, 6) is -3.18. The SMILES string of the molecule is CCC(C)C(NC(=O)C(CCCCN)NC(=O)CN)C(=O)NC(Cc1ccc(O)cc1)C(=O)O. The highest BCUT2D eigenvalue weighted by molar-refractivity contribution is 5.93. The molecule has 0 radical (unpaired) electrons. The zero-order valence-corrected chi connectivity index (χ0v) is 19.8. The van der Waals surface area contributed by atoms with Gasteiger partial charge in [-0.2, -0.15) is 0 Å². The average molecular weight is 480 g/mol. The first kappa shape index (κ1) is 28.9. The lowest BCUT2D eigenvalue weighted by atomic mass is 9.96. The lowest BCUT2D eigenvalue weighted by Gasteiger charge is -2.27. The molecule has 0 spiro atoms. The van der Waals surface area contributed by atoms with E-state index in [1.54, 1.807) is 19.1 Å². The van der Waals surface area contributed by atoms with Crippen LogP contribution in [0, 0.1) is 5.92 Å². The molecule has 0 saturated heterocycles. The summed E-state index contributed by atoms with van der Waals surface area (Å²) in [6, 6.07) is 2.85. The van der Waals surface area contributed by atoms with Crippen molar-refractivity contribution in [2.75, 3.05) is 13.1 Å². The second-order valence-corrected chi connectivity index (χ2v) is 8.25. The van der Waals surface area contributed by atoms with Gasteiger partial charge < -0.3 is 37.6 Å². The fourth-order valence-electron chi connectivity index (χ4n) is 3.30. The van der Waals surface area contributed by atoms with Gasteiger partial charge in [0.05, 0.1) is 6.54 Å². The van der Waals surface area contributed by atoms with E-state index in [1.807, 2.05) is 6.92 Å². The van der Waals surface area contributed by atoms with Crippen molar-refractivity contribution in [2.45, 2.75) is 64.1 Å². The normalized spacial score (nSPS) is 14.4. The van der Waals surface area contributed by atoms with Gasteiger partial charge in [-0.15, -0.1) is 0 Å². The largest absolute Gasteiger partial charge is 0.508 e. The smallest absolute Gasteiger partial charge is 0.326 e. The van der Waals surface area contributed by atoms with Crippen molar-refractivity contribution in [3.63, 3.8) is 0 Å². The van der Waals surface area contributed by atoms with Crippen molar-refractivity contribution in [1.29, 1.82) is 0 Å². The summed E-state index contributed by atoms with van der Waals surface area (Å²) in [5, 5.41) is 26.8. The molecular formula is C23H37N5O6. The summed E-state index contributed by atoms with van der Waals surface area (Å²) in [5.41, 5.74) is 11.5. The number of aromatic hydroxyl groups is 1. The lowest BCUT2D eigenvalue weighted by molar-refractivity contribution is -0.142. The topological polar surface area (TPSA) is 197 Å². The van der Waals surface area contributed by atoms with Gasteiger partial charge in [-0.05, 0) is 49.4 Å². The number of rotatable bonds is 15. The van der Waals surface area contributed by atoms with Crippen molar-refractivity contribution in [3.8, 4) is 5.75 Å². The van der Waals surface area contributed by atoms with Crippen molar-refractivity contribution >= 4 is 23.7 Å². The van der Waals surface area contributed by atoms with E-state index in [1.165, 1.54) is 12.1 Å². The molecule has 11 nitrogen and oxygen atoms in total. The predicted molar refractivity (Wildman–Crippen MR) is 127 cm³/mol. The molecule has 4 unspecified atom stereocenters. The highest BCUT2D eigenvalue weighted by Gasteiger charge is 2.32. The molecule has 190 valence electrons. The summed E-state index contributed by atoms with van der Waals surface area (Å²) in [6.45, 7) is 3.77. The Morgan fingerprint density at radius 3 is 2.12 bits per heavy atom. The Morgan fingerprint density at radius 1 is 0.941 bits per heavy atom. The maximum Gasteiger partial charge on any atom is 0.326 e. The van der Waals surface area contributed by atoms with Crippen molar-refractivity contribution in [2.24, 2.45) is 17.4 Å². The second-order valence-electron chi connectivity index (χ2n) is 8.25. The minimum Gasteiger partial charge on any atom is -0.508 e. The van der Waals surface area contributed by atoms with Crippen molar-refractivity contribution in [3.05, 3.63) is 29.8 Å². The van der Waals surface area contributed by atoms with Crippen LogP contribution in [0.25, 0.3) is 0 Å². The molecule has 3 amide bonds. The van der Waals surface area contributed by atoms with Gasteiger partial charge in [0.25, 0.3) is 0 Å². The number of nitrogens with one attached hydrogen (secondary N) is 3. The molecule has 0 aliphatic carbocycles. The van der Waals surface area contributed by atoms with Crippen LogP contribution in [0.15, 0.2) is 24.3 Å². The number of phenolic OH excluding ortho intramolecular Hbond substituents is 1. The Bertz CT molecular complexity index is 817. The number of carbonyl (C=O) groups is 4. The van der Waals surface area contributed by atoms with Gasteiger partial charge in [-0.1, -0.05) is 32.4 Å². The van der Waals surface area contributed by atoms with E-state index in [0.717, 1.165) is 0 Å². The Labute approximate surface area is 199 Å². The second kappa shape index (κ2) is 14.9. The molecule has 0 aliphatic rings. The van der Waals surface area contributed by atoms with Crippen LogP contribution in [0.4, 0.5) is 0 Å². The van der Waals surface area contributed by atoms with Crippen molar-refractivity contribution < 1.29 is 29.4 Å². The molecule has 0 aromatic heterocycles. The number of benzene rings is 1. The molecule has 0 saturated carbocycles. The van der Waals surface area contributed by atoms with E-state index in [2.05, 4.69) is 16.0 Å². The van der Waals surface area contributed by atoms with E-state index in [-0.39, 0.29) is 24.6 Å². The predicted octanol–water partition coefficient (Wildman–Crippen LogP) is -0.392. The minimum absolute atomic E-state index is 0.00318. The van der Waals surface area contributed by atoms with Crippen LogP contribution in [-0.4, -0.2) is 65.1 Å². The zero-order valence-electron chi connectivity index (χ0n) is 19.8. The number of phenols is 1. The first-order valence-electron chi connectivity index (χ1n) is 11.4.